The second kappa shape index (κ2) is 31.5. The number of carbonyl (C=O) groups excluding carboxylic acids is 3. The van der Waals surface area contributed by atoms with Crippen LogP contribution in [0.1, 0.15) is 173 Å². The average molecular weight is 772 g/mol. The van der Waals surface area contributed by atoms with Crippen LogP contribution in [-0.4, -0.2) is 118 Å². The van der Waals surface area contributed by atoms with E-state index in [0.29, 0.717) is 18.1 Å². The van der Waals surface area contributed by atoms with Crippen molar-refractivity contribution in [3.8, 4) is 0 Å². The van der Waals surface area contributed by atoms with Crippen LogP contribution in [0.5, 0.6) is 0 Å². The number of likely N-dealkylation sites (tertiary alicyclic amines) is 3. The summed E-state index contributed by atoms with van der Waals surface area (Å²) in [7, 11) is 0. The molecule has 6 fully saturated rings. The molecule has 5 unspecified atom stereocenters. The molecule has 5 saturated heterocycles. The van der Waals surface area contributed by atoms with Gasteiger partial charge in [-0.2, -0.15) is 0 Å². The van der Waals surface area contributed by atoms with Crippen molar-refractivity contribution in [2.45, 2.75) is 204 Å². The molecule has 1 aliphatic carbocycles. The van der Waals surface area contributed by atoms with Gasteiger partial charge in [0.15, 0.2) is 0 Å². The van der Waals surface area contributed by atoms with Crippen molar-refractivity contribution >= 4 is 29.7 Å². The lowest BCUT2D eigenvalue weighted by atomic mass is 9.98. The zero-order valence-electron chi connectivity index (χ0n) is 33.1. The summed E-state index contributed by atoms with van der Waals surface area (Å²) in [6.45, 7) is 16.7. The number of rotatable bonds is 4. The van der Waals surface area contributed by atoms with Gasteiger partial charge in [-0.05, 0) is 110 Å². The van der Waals surface area contributed by atoms with Crippen LogP contribution in [0, 0.1) is 5.92 Å². The first-order valence-corrected chi connectivity index (χ1v) is 19.8. The number of hydrogen-bond donors (Lipinski definition) is 4. The van der Waals surface area contributed by atoms with Gasteiger partial charge in [-0.3, -0.25) is 24.0 Å². The normalized spacial score (nSPS) is 25.1. The molecule has 5 aliphatic heterocycles. The van der Waals surface area contributed by atoms with E-state index in [1.807, 2.05) is 14.7 Å². The highest BCUT2D eigenvalue weighted by molar-refractivity contribution is 5.75. The molecule has 0 aromatic carbocycles. The van der Waals surface area contributed by atoms with Crippen LogP contribution in [-0.2, 0) is 24.0 Å². The van der Waals surface area contributed by atoms with Crippen LogP contribution in [0.3, 0.4) is 0 Å². The zero-order valence-corrected chi connectivity index (χ0v) is 33.1. The molecule has 0 radical (unpaired) electrons. The van der Waals surface area contributed by atoms with E-state index in [4.69, 9.17) is 19.8 Å². The van der Waals surface area contributed by atoms with Gasteiger partial charge in [-0.25, -0.2) is 0 Å². The third kappa shape index (κ3) is 24.6. The molecule has 0 aromatic heterocycles. The van der Waals surface area contributed by atoms with Gasteiger partial charge in [0.1, 0.15) is 0 Å². The van der Waals surface area contributed by atoms with E-state index >= 15 is 0 Å². The minimum Gasteiger partial charge on any atom is -0.481 e. The van der Waals surface area contributed by atoms with E-state index < -0.39 is 11.9 Å². The van der Waals surface area contributed by atoms with Crippen LogP contribution in [0.25, 0.3) is 0 Å². The van der Waals surface area contributed by atoms with Gasteiger partial charge < -0.3 is 35.5 Å². The Labute approximate surface area is 330 Å². The predicted octanol–water partition coefficient (Wildman–Crippen LogP) is 7.58. The summed E-state index contributed by atoms with van der Waals surface area (Å²) in [5.74, 6) is -0.00894. The Morgan fingerprint density at radius 3 is 1.22 bits per heavy atom. The molecule has 320 valence electrons. The lowest BCUT2D eigenvalue weighted by Crippen LogP contribution is -2.41. The molecule has 5 atom stereocenters. The van der Waals surface area contributed by atoms with E-state index in [0.717, 1.165) is 83.6 Å². The van der Waals surface area contributed by atoms with Crippen molar-refractivity contribution < 1.29 is 34.2 Å². The molecule has 1 saturated carbocycles. The summed E-state index contributed by atoms with van der Waals surface area (Å²) >= 11 is 0. The van der Waals surface area contributed by atoms with Gasteiger partial charge in [0, 0.05) is 84.5 Å². The summed E-state index contributed by atoms with van der Waals surface area (Å²) in [6.07, 6.45) is 20.8. The van der Waals surface area contributed by atoms with E-state index in [-0.39, 0.29) is 40.0 Å². The van der Waals surface area contributed by atoms with E-state index in [1.165, 1.54) is 83.7 Å². The number of carbonyl (C=O) groups is 5. The lowest BCUT2D eigenvalue weighted by Gasteiger charge is -2.30. The Morgan fingerprint density at radius 1 is 0.519 bits per heavy atom. The minimum absolute atomic E-state index is 0. The van der Waals surface area contributed by atoms with Gasteiger partial charge in [-0.1, -0.05) is 48.0 Å². The number of hydrogen-bond acceptors (Lipinski definition) is 7. The Morgan fingerprint density at radius 2 is 0.926 bits per heavy atom. The van der Waals surface area contributed by atoms with Crippen LogP contribution in [0.15, 0.2) is 0 Å². The standard InChI is InChI=1S/C13H22N2O2.C10H19N.C7H13NO.C5H11N.2C2H4O2.3CH4/c1-10(16)14-7-3-5-12(14)9-13-6-4-8-15(13)11(2)17;1-2-5-9(4-1)8-10-6-3-7-11-10;1-6-4-3-5-8(6)7(2)9;1-5-3-2-4-6-5;2*1-2(3)4;;;/h12-13H,3-9H2,1-2H3;9-11H,1-8H2;6H,3-5H2,1-2H3;5-6H,2-4H2,1H3;2*1H3,(H,3,4);3*1H4. The molecule has 12 nitrogen and oxygen atoms in total. The van der Waals surface area contributed by atoms with Crippen LogP contribution in [0.2, 0.25) is 0 Å². The number of aliphatic carboxylic acids is 2. The molecule has 4 N–H and O–H groups in total. The van der Waals surface area contributed by atoms with Gasteiger partial charge >= 0.3 is 0 Å². The minimum atomic E-state index is -0.833. The van der Waals surface area contributed by atoms with Crippen molar-refractivity contribution in [3.05, 3.63) is 0 Å². The van der Waals surface area contributed by atoms with Gasteiger partial charge in [-0.15, -0.1) is 0 Å². The first-order chi connectivity index (χ1) is 24.1. The third-order valence-corrected chi connectivity index (χ3v) is 10.6. The molecule has 12 heteroatoms. The quantitative estimate of drug-likeness (QED) is 0.226. The molecule has 54 heavy (non-hydrogen) atoms. The SMILES string of the molecule is C.C.C.C1CCC(CC2CCCN2)C1.CC(=O)N1CCCC1C.CC(=O)N1CCCC1CC1CCCN1C(C)=O.CC(=O)O.CC(=O)O.CC1CCCN1. The number of carboxylic acids is 2. The Kier molecular flexibility index (Phi) is 32.4. The van der Waals surface area contributed by atoms with Crippen LogP contribution in [0.4, 0.5) is 0 Å². The number of amides is 3. The van der Waals surface area contributed by atoms with Crippen LogP contribution >= 0.6 is 0 Å². The highest BCUT2D eigenvalue weighted by Crippen LogP contribution is 2.30. The fourth-order valence-corrected chi connectivity index (χ4v) is 8.17. The number of nitrogens with one attached hydrogen (secondary N) is 2. The summed E-state index contributed by atoms with van der Waals surface area (Å²) in [5.41, 5.74) is 0. The Balaban J connectivity index is -0.000000617. The molecular weight excluding hydrogens is 686 g/mol. The second-order valence-corrected chi connectivity index (χ2v) is 15.2. The van der Waals surface area contributed by atoms with Crippen molar-refractivity contribution in [2.75, 3.05) is 32.7 Å². The van der Waals surface area contributed by atoms with Gasteiger partial charge in [0.25, 0.3) is 11.9 Å². The largest absolute Gasteiger partial charge is 0.481 e. The number of carboxylic acid groups (broad SMARTS) is 2. The molecule has 6 aliphatic rings. The summed E-state index contributed by atoms with van der Waals surface area (Å²) in [6, 6.07) is 2.89. The lowest BCUT2D eigenvalue weighted by molar-refractivity contribution is -0.135. The molecule has 5 heterocycles. The van der Waals surface area contributed by atoms with Crippen molar-refractivity contribution in [1.82, 2.24) is 25.3 Å². The predicted molar refractivity (Wildman–Crippen MR) is 223 cm³/mol. The molecule has 0 bridgehead atoms. The first kappa shape index (κ1) is 55.6. The summed E-state index contributed by atoms with van der Waals surface area (Å²) < 4.78 is 0. The fraction of sp³-hybridized carbons (Fsp3) is 0.881. The Hall–Kier alpha value is -2.73. The maximum absolute atomic E-state index is 11.5. The topological polar surface area (TPSA) is 160 Å². The maximum Gasteiger partial charge on any atom is 0.300 e. The van der Waals surface area contributed by atoms with Crippen molar-refractivity contribution in [2.24, 2.45) is 5.92 Å². The smallest absolute Gasteiger partial charge is 0.300 e. The molecular formula is C42H85N5O7. The molecule has 0 spiro atoms. The Bertz CT molecular complexity index is 963. The first-order valence-electron chi connectivity index (χ1n) is 19.8. The van der Waals surface area contributed by atoms with Gasteiger partial charge in [0.05, 0.1) is 0 Å². The van der Waals surface area contributed by atoms with Crippen molar-refractivity contribution in [3.63, 3.8) is 0 Å². The maximum atomic E-state index is 11.5. The highest BCUT2D eigenvalue weighted by Gasteiger charge is 2.34. The second-order valence-electron chi connectivity index (χ2n) is 15.2. The van der Waals surface area contributed by atoms with Crippen molar-refractivity contribution in [1.29, 1.82) is 0 Å². The monoisotopic (exact) mass is 772 g/mol. The van der Waals surface area contributed by atoms with E-state index in [2.05, 4.69) is 24.5 Å². The van der Waals surface area contributed by atoms with E-state index in [9.17, 15) is 14.4 Å². The third-order valence-electron chi connectivity index (χ3n) is 10.6. The molecule has 3 amide bonds. The van der Waals surface area contributed by atoms with E-state index in [1.54, 1.807) is 20.8 Å². The zero-order chi connectivity index (χ0) is 38.3. The van der Waals surface area contributed by atoms with Gasteiger partial charge in [0.2, 0.25) is 17.7 Å². The average Bonchev–Trinajstić information content (AvgIpc) is 3.88. The fourth-order valence-electron chi connectivity index (χ4n) is 8.17. The number of nitrogens with zero attached hydrogens (tertiary/aromatic N) is 3. The summed E-state index contributed by atoms with van der Waals surface area (Å²) in [5, 5.41) is 21.7. The molecule has 0 aromatic rings. The molecule has 6 rings (SSSR count). The van der Waals surface area contributed by atoms with Crippen LogP contribution < -0.4 is 10.6 Å². The summed E-state index contributed by atoms with van der Waals surface area (Å²) in [4.78, 5) is 57.7. The highest BCUT2D eigenvalue weighted by atomic mass is 16.4.